The van der Waals surface area contributed by atoms with Gasteiger partial charge in [-0.2, -0.15) is 0 Å². The van der Waals surface area contributed by atoms with Crippen LogP contribution >= 0.6 is 38.9 Å². The highest BCUT2D eigenvalue weighted by atomic mass is 79.9. The lowest BCUT2D eigenvalue weighted by atomic mass is 10.1. The Morgan fingerprint density at radius 2 is 1.94 bits per heavy atom. The minimum absolute atomic E-state index is 0.354. The zero-order chi connectivity index (χ0) is 12.3. The predicted molar refractivity (Wildman–Crippen MR) is 79.0 cm³/mol. The van der Waals surface area contributed by atoms with Gasteiger partial charge in [-0.05, 0) is 59.2 Å². The second-order valence-electron chi connectivity index (χ2n) is 3.81. The van der Waals surface area contributed by atoms with Crippen molar-refractivity contribution in [3.05, 3.63) is 55.6 Å². The number of halogens is 2. The monoisotopic (exact) mass is 329 g/mol. The van der Waals surface area contributed by atoms with Gasteiger partial charge in [-0.25, -0.2) is 0 Å². The number of likely N-dealkylation sites (N-methyl/N-ethyl adjacent to an activating group) is 1. The Bertz CT molecular complexity index is 480. The first-order valence-electron chi connectivity index (χ1n) is 5.36. The number of thiophene rings is 1. The Morgan fingerprint density at radius 3 is 2.47 bits per heavy atom. The van der Waals surface area contributed by atoms with Crippen LogP contribution in [-0.2, 0) is 6.42 Å². The van der Waals surface area contributed by atoms with Crippen LogP contribution in [0.1, 0.15) is 16.5 Å². The van der Waals surface area contributed by atoms with Crippen LogP contribution in [0.25, 0.3) is 0 Å². The van der Waals surface area contributed by atoms with E-state index in [9.17, 15) is 0 Å². The van der Waals surface area contributed by atoms with E-state index in [4.69, 9.17) is 11.6 Å². The molecule has 0 saturated carbocycles. The fourth-order valence-corrected chi connectivity index (χ4v) is 3.38. The third-order valence-corrected chi connectivity index (χ3v) is 4.63. The first kappa shape index (κ1) is 13.1. The van der Waals surface area contributed by atoms with E-state index in [0.717, 1.165) is 11.4 Å². The lowest BCUT2D eigenvalue weighted by molar-refractivity contribution is 0.602. The van der Waals surface area contributed by atoms with Gasteiger partial charge in [0.2, 0.25) is 0 Å². The predicted octanol–water partition coefficient (Wildman–Crippen LogP) is 4.67. The summed E-state index contributed by atoms with van der Waals surface area (Å²) in [6.45, 7) is 0. The molecule has 0 saturated heterocycles. The lowest BCUT2D eigenvalue weighted by Crippen LogP contribution is -2.17. The molecule has 1 atom stereocenters. The minimum atomic E-state index is 0.354. The molecule has 1 nitrogen and oxygen atoms in total. The quantitative estimate of drug-likeness (QED) is 0.859. The molecule has 1 heterocycles. The van der Waals surface area contributed by atoms with E-state index >= 15 is 0 Å². The maximum atomic E-state index is 5.88. The van der Waals surface area contributed by atoms with E-state index < -0.39 is 0 Å². The van der Waals surface area contributed by atoms with Crippen LogP contribution in [0.5, 0.6) is 0 Å². The van der Waals surface area contributed by atoms with E-state index in [2.05, 4.69) is 45.5 Å². The van der Waals surface area contributed by atoms with Crippen LogP contribution in [0.3, 0.4) is 0 Å². The van der Waals surface area contributed by atoms with Crippen LogP contribution < -0.4 is 5.32 Å². The number of rotatable bonds is 4. The van der Waals surface area contributed by atoms with Crippen molar-refractivity contribution < 1.29 is 0 Å². The number of benzene rings is 1. The summed E-state index contributed by atoms with van der Waals surface area (Å²) in [7, 11) is 1.99. The summed E-state index contributed by atoms with van der Waals surface area (Å²) >= 11 is 11.2. The SMILES string of the molecule is CNC(Cc1ccc(Cl)cc1)c1ccc(Br)s1. The normalized spacial score (nSPS) is 12.6. The van der Waals surface area contributed by atoms with Crippen molar-refractivity contribution in [2.24, 2.45) is 0 Å². The summed E-state index contributed by atoms with van der Waals surface area (Å²) in [5.74, 6) is 0. The molecule has 0 aliphatic rings. The van der Waals surface area contributed by atoms with Gasteiger partial charge in [-0.15, -0.1) is 11.3 Å². The Kier molecular flexibility index (Phi) is 4.62. The Labute approximate surface area is 119 Å². The van der Waals surface area contributed by atoms with Crippen LogP contribution in [0.15, 0.2) is 40.2 Å². The summed E-state index contributed by atoms with van der Waals surface area (Å²) < 4.78 is 1.17. The highest BCUT2D eigenvalue weighted by Gasteiger charge is 2.12. The Hall–Kier alpha value is -0.350. The topological polar surface area (TPSA) is 12.0 Å². The zero-order valence-electron chi connectivity index (χ0n) is 9.41. The number of hydrogen-bond donors (Lipinski definition) is 1. The molecule has 0 radical (unpaired) electrons. The molecule has 1 N–H and O–H groups in total. The standard InChI is InChI=1S/C13H13BrClNS/c1-16-11(12-6-7-13(14)17-12)8-9-2-4-10(15)5-3-9/h2-7,11,16H,8H2,1H3. The zero-order valence-corrected chi connectivity index (χ0v) is 12.6. The van der Waals surface area contributed by atoms with Crippen LogP contribution in [0.2, 0.25) is 5.02 Å². The molecule has 0 fully saturated rings. The molecule has 1 aromatic heterocycles. The van der Waals surface area contributed by atoms with Crippen molar-refractivity contribution in [3.63, 3.8) is 0 Å². The van der Waals surface area contributed by atoms with Gasteiger partial charge in [-0.1, -0.05) is 23.7 Å². The molecule has 4 heteroatoms. The van der Waals surface area contributed by atoms with Crippen LogP contribution in [0, 0.1) is 0 Å². The highest BCUT2D eigenvalue weighted by molar-refractivity contribution is 9.11. The molecule has 2 aromatic rings. The van der Waals surface area contributed by atoms with Gasteiger partial charge in [0.15, 0.2) is 0 Å². The maximum Gasteiger partial charge on any atom is 0.0701 e. The van der Waals surface area contributed by atoms with E-state index in [-0.39, 0.29) is 0 Å². The second kappa shape index (κ2) is 6.01. The van der Waals surface area contributed by atoms with Crippen LogP contribution in [0.4, 0.5) is 0 Å². The molecule has 0 bridgehead atoms. The third-order valence-electron chi connectivity index (χ3n) is 2.64. The minimum Gasteiger partial charge on any atom is -0.312 e. The fourth-order valence-electron chi connectivity index (χ4n) is 1.72. The molecule has 90 valence electrons. The third kappa shape index (κ3) is 3.55. The lowest BCUT2D eigenvalue weighted by Gasteiger charge is -2.14. The smallest absolute Gasteiger partial charge is 0.0701 e. The van der Waals surface area contributed by atoms with Gasteiger partial charge in [0.25, 0.3) is 0 Å². The molecule has 0 amide bonds. The van der Waals surface area contributed by atoms with Gasteiger partial charge in [-0.3, -0.25) is 0 Å². The van der Waals surface area contributed by atoms with Crippen molar-refractivity contribution in [2.45, 2.75) is 12.5 Å². The molecule has 0 aliphatic carbocycles. The largest absolute Gasteiger partial charge is 0.312 e. The van der Waals surface area contributed by atoms with E-state index in [1.54, 1.807) is 11.3 Å². The number of nitrogens with one attached hydrogen (secondary N) is 1. The molecule has 1 aromatic carbocycles. The fraction of sp³-hybridized carbons (Fsp3) is 0.231. The summed E-state index contributed by atoms with van der Waals surface area (Å²) in [5, 5.41) is 4.14. The van der Waals surface area contributed by atoms with Gasteiger partial charge >= 0.3 is 0 Å². The van der Waals surface area contributed by atoms with Crippen molar-refractivity contribution in [2.75, 3.05) is 7.05 Å². The Balaban J connectivity index is 2.12. The summed E-state index contributed by atoms with van der Waals surface area (Å²) in [5.41, 5.74) is 1.29. The Morgan fingerprint density at radius 1 is 1.24 bits per heavy atom. The average Bonchev–Trinajstić information content (AvgIpc) is 2.75. The van der Waals surface area contributed by atoms with E-state index in [0.29, 0.717) is 6.04 Å². The molecule has 2 rings (SSSR count). The summed E-state index contributed by atoms with van der Waals surface area (Å²) in [6, 6.07) is 12.6. The molecule has 0 aliphatic heterocycles. The van der Waals surface area contributed by atoms with Crippen molar-refractivity contribution in [1.82, 2.24) is 5.32 Å². The van der Waals surface area contributed by atoms with Crippen molar-refractivity contribution >= 4 is 38.9 Å². The first-order chi connectivity index (χ1) is 8.19. The van der Waals surface area contributed by atoms with E-state index in [1.165, 1.54) is 14.2 Å². The average molecular weight is 331 g/mol. The highest BCUT2D eigenvalue weighted by Crippen LogP contribution is 2.29. The maximum absolute atomic E-state index is 5.88. The molecule has 0 spiro atoms. The van der Waals surface area contributed by atoms with Gasteiger partial charge in [0, 0.05) is 15.9 Å². The second-order valence-corrected chi connectivity index (χ2v) is 6.74. The summed E-state index contributed by atoms with van der Waals surface area (Å²) in [6.07, 6.45) is 0.973. The first-order valence-corrected chi connectivity index (χ1v) is 7.34. The van der Waals surface area contributed by atoms with Gasteiger partial charge < -0.3 is 5.32 Å². The molecular weight excluding hydrogens is 318 g/mol. The van der Waals surface area contributed by atoms with Crippen LogP contribution in [-0.4, -0.2) is 7.05 Å². The van der Waals surface area contributed by atoms with Crippen molar-refractivity contribution in [1.29, 1.82) is 0 Å². The van der Waals surface area contributed by atoms with Gasteiger partial charge in [0.05, 0.1) is 3.79 Å². The molecule has 1 unspecified atom stereocenters. The number of hydrogen-bond acceptors (Lipinski definition) is 2. The van der Waals surface area contributed by atoms with Crippen molar-refractivity contribution in [3.8, 4) is 0 Å². The summed E-state index contributed by atoms with van der Waals surface area (Å²) in [4.78, 5) is 1.34. The molecule has 17 heavy (non-hydrogen) atoms. The van der Waals surface area contributed by atoms with Gasteiger partial charge in [0.1, 0.15) is 0 Å². The van der Waals surface area contributed by atoms with E-state index in [1.807, 2.05) is 19.2 Å². The molecular formula is C13H13BrClNS.